The van der Waals surface area contributed by atoms with E-state index < -0.39 is 320 Å². The zero-order valence-corrected chi connectivity index (χ0v) is 80.1. The number of terminal acetylenes is 1. The Kier molecular flexibility index (Phi) is 38.3. The van der Waals surface area contributed by atoms with Gasteiger partial charge >= 0.3 is 41.9 Å². The van der Waals surface area contributed by atoms with Gasteiger partial charge in [-0.25, -0.2) is 24.4 Å². The number of carbonyl (C=O) groups excluding carboxylic acids is 13. The summed E-state index contributed by atoms with van der Waals surface area (Å²) in [6.07, 6.45) is -10.2. The molecule has 25 N–H and O–H groups in total. The quantitative estimate of drug-likeness (QED) is 0.00891. The van der Waals surface area contributed by atoms with Crippen LogP contribution in [0.25, 0.3) is 22.3 Å². The van der Waals surface area contributed by atoms with E-state index in [1.165, 1.54) is 74.5 Å². The Labute approximate surface area is 843 Å². The van der Waals surface area contributed by atoms with Crippen molar-refractivity contribution in [3.8, 4) is 40.7 Å². The standard InChI is InChI=1S/C93H100N16O35S3/c1-4-10-51(100-83(129)54(27-65(114)115)99-64(113)22-21-52(89(135)136)101-81(127)41-17-19-42(20-18-41)95-34-43-35-97-80-74(98-43)88(134)109-91(94)108-80)82(128)102-55(28-66(116)117)84(130)103-56(29-67(118)119)85(131)105-58(36-96-63(112)23-25-145-38-50-46-13-7-5-11-44(46)45-12-6-8-14-47(45)50)87(133)104-57(30-68(120)121)86(132)106-59(90(137)138)39-147-146-26-24-142-92(139)107-53-31-69(143-40(2)75(53)122)144-61-33-93(140,62(111)37-110)32-49-71(61)79(126)73-72(77(49)124)76(123)48-15-9-16-60(141-3)70(48)78(73)125/h1,5-9,11-20,35,40,50-59,61,69,75,95,110,122,124,126,140H,10,21-34,36-39H2,2-3H3,(H,96,112)(H,99,113)(H,100,129)(H,101,127)(H,102,128)(H,103,130)(H,104,133)(H,105,131)(H,106,132)(H,107,139)(H,114,115)(H,116,117)(H,118,119)(H,120,121)(H,135,136)(H,137,138)(H3,94,97,108,109,134)/t40?,51-,52-,53?,54-,55-,56-,57-,58-,59-,61-,69?,75?,93-/m0/s1. The number of nitrogen functional groups attached to an aromatic ring is 1. The number of phenols is 2. The van der Waals surface area contributed by atoms with E-state index in [0.29, 0.717) is 17.1 Å². The van der Waals surface area contributed by atoms with Gasteiger partial charge in [0.05, 0.1) is 86.2 Å². The summed E-state index contributed by atoms with van der Waals surface area (Å²) >= 11 is 1.37. The van der Waals surface area contributed by atoms with Gasteiger partial charge in [0, 0.05) is 102 Å². The van der Waals surface area contributed by atoms with Crippen LogP contribution in [0.5, 0.6) is 17.2 Å². The number of hydrogen-bond acceptors (Lipinski definition) is 37. The Balaban J connectivity index is 0.702. The van der Waals surface area contributed by atoms with E-state index in [4.69, 9.17) is 31.1 Å². The molecule has 1 saturated heterocycles. The molecule has 0 radical (unpaired) electrons. The molecule has 2 aromatic heterocycles. The fourth-order valence-corrected chi connectivity index (χ4v) is 19.5. The fourth-order valence-electron chi connectivity index (χ4n) is 16.4. The van der Waals surface area contributed by atoms with E-state index in [1.807, 2.05) is 65.1 Å². The number of nitrogens with zero attached hydrogens (tertiary/aromatic N) is 3. The molecule has 5 aromatic carbocycles. The van der Waals surface area contributed by atoms with Crippen molar-refractivity contribution in [1.29, 1.82) is 0 Å². The highest BCUT2D eigenvalue weighted by Gasteiger charge is 2.52. The van der Waals surface area contributed by atoms with Crippen LogP contribution in [-0.4, -0.2) is 317 Å². The van der Waals surface area contributed by atoms with Gasteiger partial charge in [-0.2, -0.15) is 16.7 Å². The molecule has 147 heavy (non-hydrogen) atoms. The molecular weight excluding hydrogens is 2000 g/mol. The molecule has 51 nitrogen and oxygen atoms in total. The number of phenolic OH excluding ortho intramolecular Hbond substituents is 2. The number of carboxylic acid groups (broad SMARTS) is 6. The average Bonchev–Trinajstić information content (AvgIpc) is 1.06. The molecule has 7 aromatic rings. The predicted octanol–water partition coefficient (Wildman–Crippen LogP) is -1.51. The first-order valence-electron chi connectivity index (χ1n) is 44.9. The molecule has 1 aliphatic heterocycles. The number of aromatic hydroxyl groups is 2. The van der Waals surface area contributed by atoms with E-state index in [9.17, 15) is 152 Å². The number of aromatic amines is 1. The molecule has 54 heteroatoms. The molecule has 780 valence electrons. The number of Topliss-reactive ketones (excluding diaryl/α,β-unsaturated/α-hetero) is 1. The minimum atomic E-state index is -2.53. The number of ketones is 3. The topological polar surface area (TPSA) is 814 Å². The molecule has 4 unspecified atom stereocenters. The number of amides is 10. The predicted molar refractivity (Wildman–Crippen MR) is 514 cm³/mol. The number of aliphatic hydroxyl groups is 3. The minimum Gasteiger partial charge on any atom is -0.507 e. The van der Waals surface area contributed by atoms with E-state index in [1.54, 1.807) is 0 Å². The molecule has 1 fully saturated rings. The molecule has 10 amide bonds. The van der Waals surface area contributed by atoms with Crippen LogP contribution in [-0.2, 0) is 99.1 Å². The monoisotopic (exact) mass is 2100 g/mol. The van der Waals surface area contributed by atoms with Crippen LogP contribution in [0.3, 0.4) is 0 Å². The van der Waals surface area contributed by atoms with Gasteiger partial charge in [0.1, 0.15) is 90.5 Å². The van der Waals surface area contributed by atoms with E-state index in [2.05, 4.69) is 67.8 Å². The largest absolute Gasteiger partial charge is 0.507 e. The Morgan fingerprint density at radius 3 is 1.76 bits per heavy atom. The highest BCUT2D eigenvalue weighted by atomic mass is 33.1. The Hall–Kier alpha value is -15.9. The number of aliphatic hydroxyl groups excluding tert-OH is 2. The maximum atomic E-state index is 14.6. The zero-order chi connectivity index (χ0) is 107. The lowest BCUT2D eigenvalue weighted by molar-refractivity contribution is -0.249. The summed E-state index contributed by atoms with van der Waals surface area (Å²) < 4.78 is 22.8. The molecule has 3 heterocycles. The maximum absolute atomic E-state index is 14.6. The number of ether oxygens (including phenoxy) is 4. The van der Waals surface area contributed by atoms with Gasteiger partial charge < -0.3 is 139 Å². The Bertz CT molecular complexity index is 6380. The van der Waals surface area contributed by atoms with Crippen LogP contribution >= 0.6 is 33.3 Å². The van der Waals surface area contributed by atoms with Crippen LogP contribution < -0.4 is 74.5 Å². The van der Waals surface area contributed by atoms with Gasteiger partial charge in [-0.1, -0.05) is 82.3 Å². The summed E-state index contributed by atoms with van der Waals surface area (Å²) in [5.41, 5.74) is 4.58. The number of aliphatic carboxylic acids is 6. The lowest BCUT2D eigenvalue weighted by atomic mass is 9.72. The number of hydrogen-bond donors (Lipinski definition) is 24. The second-order valence-corrected chi connectivity index (χ2v) is 37.6. The number of H-pyrrole nitrogens is 1. The van der Waals surface area contributed by atoms with Crippen molar-refractivity contribution >= 4 is 169 Å². The number of fused-ring (bicyclic) bond motifs is 7. The summed E-state index contributed by atoms with van der Waals surface area (Å²) in [4.78, 5) is 282. The highest BCUT2D eigenvalue weighted by molar-refractivity contribution is 8.76. The number of methoxy groups -OCH3 is 1. The maximum Gasteiger partial charge on any atom is 0.407 e. The highest BCUT2D eigenvalue weighted by Crippen LogP contribution is 2.53. The number of anilines is 2. The number of nitrogens with two attached hydrogens (primary N) is 1. The number of alkyl carbamates (subject to hydrolysis) is 1. The van der Waals surface area contributed by atoms with Crippen molar-refractivity contribution in [3.63, 3.8) is 0 Å². The van der Waals surface area contributed by atoms with Crippen molar-refractivity contribution in [2.45, 2.75) is 175 Å². The summed E-state index contributed by atoms with van der Waals surface area (Å²) in [6.45, 7) is -1.24. The third kappa shape index (κ3) is 28.6. The number of thioether (sulfide) groups is 1. The smallest absolute Gasteiger partial charge is 0.407 e. The first-order valence-corrected chi connectivity index (χ1v) is 48.5. The fraction of sp³-hybridized carbons (Fsp3) is 0.387. The number of nitrogens with one attached hydrogen (secondary N) is 12. The summed E-state index contributed by atoms with van der Waals surface area (Å²) in [5, 5.41) is 142. The van der Waals surface area contributed by atoms with Crippen molar-refractivity contribution < 1.29 is 166 Å². The first kappa shape index (κ1) is 111. The molecule has 4 aliphatic rings. The van der Waals surface area contributed by atoms with Crippen LogP contribution in [0.1, 0.15) is 153 Å². The van der Waals surface area contributed by atoms with Crippen LogP contribution in [0, 0.1) is 12.3 Å². The first-order chi connectivity index (χ1) is 69.9. The SMILES string of the molecule is C#CC[C@H](NC(=O)[C@H](CC(=O)O)NC(=O)CC[C@H](NC(=O)c1ccc(NCc2cnc3nc(N)[nH]c(=O)c3n2)cc1)C(=O)O)C(=O)N[C@@H](CC(=O)O)C(=O)N[C@@H](CC(=O)O)C(=O)N[C@@H](CNC(=O)CCSCC1c2ccccc2-c2ccccc21)C(=O)N[C@@H](CC(=O)O)C(=O)N[C@@H](CSSCCOC(=O)NC1CC(O[C@H]2C[C@](O)(C(=O)CO)Cc3c(O)c4c(c(O)c32)C(=O)c2c(OC)cccc2C4=O)OC(C)C1O)C(=O)O. The minimum absolute atomic E-state index is 0.00408. The van der Waals surface area contributed by atoms with Gasteiger partial charge in [-0.15, -0.1) is 12.3 Å². The lowest BCUT2D eigenvalue weighted by Crippen LogP contribution is -2.62. The summed E-state index contributed by atoms with van der Waals surface area (Å²) in [7, 11) is 2.85. The number of benzene rings is 5. The zero-order valence-electron chi connectivity index (χ0n) is 77.7. The number of carboxylic acids is 6. The van der Waals surface area contributed by atoms with Gasteiger partial charge in [-0.3, -0.25) is 86.5 Å². The average molecular weight is 2100 g/mol. The molecule has 11 rings (SSSR count). The van der Waals surface area contributed by atoms with Gasteiger partial charge in [0.2, 0.25) is 59.0 Å². The third-order valence-electron chi connectivity index (χ3n) is 23.6. The molecule has 14 atom stereocenters. The van der Waals surface area contributed by atoms with Crippen molar-refractivity contribution in [2.75, 3.05) is 60.9 Å². The van der Waals surface area contributed by atoms with Gasteiger partial charge in [0.15, 0.2) is 29.0 Å². The molecule has 0 saturated carbocycles. The number of rotatable bonds is 51. The molecule has 3 aliphatic carbocycles. The Morgan fingerprint density at radius 2 is 1.18 bits per heavy atom. The number of carbonyl (C=O) groups is 19. The van der Waals surface area contributed by atoms with Crippen LogP contribution in [0.15, 0.2) is 102 Å². The third-order valence-corrected chi connectivity index (χ3v) is 27.1. The molecule has 0 bridgehead atoms. The van der Waals surface area contributed by atoms with Crippen LogP contribution in [0.4, 0.5) is 16.4 Å². The second kappa shape index (κ2) is 50.5. The summed E-state index contributed by atoms with van der Waals surface area (Å²) in [5.74, 6) is -26.1. The second-order valence-electron chi connectivity index (χ2n) is 33.8. The number of aromatic nitrogens is 4. The normalized spacial score (nSPS) is 17.9. The summed E-state index contributed by atoms with van der Waals surface area (Å²) in [6, 6.07) is 6.56. The van der Waals surface area contributed by atoms with E-state index in [0.717, 1.165) is 43.8 Å². The molecule has 0 spiro atoms. The van der Waals surface area contributed by atoms with Crippen LogP contribution in [0.2, 0.25) is 0 Å². The lowest BCUT2D eigenvalue weighted by Gasteiger charge is -2.42. The molecular formula is C93H100N16O35S3. The van der Waals surface area contributed by atoms with E-state index in [-0.39, 0.29) is 75.5 Å². The Morgan fingerprint density at radius 1 is 0.626 bits per heavy atom. The van der Waals surface area contributed by atoms with Gasteiger partial charge in [0.25, 0.3) is 11.5 Å². The van der Waals surface area contributed by atoms with Gasteiger partial charge in [-0.05, 0) is 65.9 Å². The van der Waals surface area contributed by atoms with E-state index >= 15 is 0 Å². The van der Waals surface area contributed by atoms with Crippen molar-refractivity contribution in [3.05, 3.63) is 163 Å². The van der Waals surface area contributed by atoms with Crippen molar-refractivity contribution in [1.82, 2.24) is 73.1 Å². The van der Waals surface area contributed by atoms with Crippen molar-refractivity contribution in [2.24, 2.45) is 0 Å².